The number of carboxylic acid groups (broad SMARTS) is 1. The first-order chi connectivity index (χ1) is 8.13. The number of hydrogen-bond acceptors (Lipinski definition) is 4. The number of pyridine rings is 1. The molecule has 0 aromatic carbocycles. The largest absolute Gasteiger partial charge is 0.479 e. The Morgan fingerprint density at radius 2 is 2.29 bits per heavy atom. The van der Waals surface area contributed by atoms with Crippen molar-refractivity contribution in [2.75, 3.05) is 13.7 Å². The number of carboxylic acids is 1. The van der Waals surface area contributed by atoms with Crippen molar-refractivity contribution in [3.8, 4) is 0 Å². The molecular weight excluding hydrogens is 224 g/mol. The van der Waals surface area contributed by atoms with Crippen molar-refractivity contribution in [3.05, 3.63) is 30.1 Å². The summed E-state index contributed by atoms with van der Waals surface area (Å²) in [6, 6.07) is 5.27. The molecule has 6 heteroatoms. The van der Waals surface area contributed by atoms with E-state index in [1.165, 1.54) is 7.11 Å². The zero-order chi connectivity index (χ0) is 12.7. The Hall–Kier alpha value is -1.95. The highest BCUT2D eigenvalue weighted by Gasteiger charge is 2.17. The predicted octanol–water partition coefficient (Wildman–Crippen LogP) is -0.160. The van der Waals surface area contributed by atoms with Crippen LogP contribution in [0.5, 0.6) is 0 Å². The van der Waals surface area contributed by atoms with Gasteiger partial charge in [0.1, 0.15) is 0 Å². The van der Waals surface area contributed by atoms with Crippen LogP contribution in [0.2, 0.25) is 0 Å². The van der Waals surface area contributed by atoms with Crippen molar-refractivity contribution < 1.29 is 19.4 Å². The van der Waals surface area contributed by atoms with E-state index >= 15 is 0 Å². The quantitative estimate of drug-likeness (QED) is 0.719. The lowest BCUT2D eigenvalue weighted by molar-refractivity contribution is -0.148. The number of amides is 1. The average molecular weight is 238 g/mol. The second kappa shape index (κ2) is 6.59. The topological polar surface area (TPSA) is 88.5 Å². The number of nitrogens with zero attached hydrogens (tertiary/aromatic N) is 1. The maximum Gasteiger partial charge on any atom is 0.334 e. The van der Waals surface area contributed by atoms with Crippen molar-refractivity contribution in [1.82, 2.24) is 10.3 Å². The molecule has 1 heterocycles. The lowest BCUT2D eigenvalue weighted by Gasteiger charge is -2.11. The van der Waals surface area contributed by atoms with Gasteiger partial charge >= 0.3 is 5.97 Å². The second-order valence-corrected chi connectivity index (χ2v) is 3.36. The zero-order valence-electron chi connectivity index (χ0n) is 9.42. The van der Waals surface area contributed by atoms with Gasteiger partial charge in [-0.05, 0) is 12.1 Å². The van der Waals surface area contributed by atoms with E-state index in [2.05, 4.69) is 15.0 Å². The molecule has 0 aliphatic heterocycles. The van der Waals surface area contributed by atoms with E-state index < -0.39 is 12.1 Å². The number of rotatable bonds is 6. The molecular formula is C11H14N2O4. The molecule has 0 radical (unpaired) electrons. The van der Waals surface area contributed by atoms with Crippen LogP contribution >= 0.6 is 0 Å². The summed E-state index contributed by atoms with van der Waals surface area (Å²) < 4.78 is 4.68. The molecule has 0 saturated carbocycles. The summed E-state index contributed by atoms with van der Waals surface area (Å²) in [5.74, 6) is -1.39. The molecule has 1 amide bonds. The molecule has 92 valence electrons. The zero-order valence-corrected chi connectivity index (χ0v) is 9.42. The Labute approximate surface area is 98.6 Å². The minimum Gasteiger partial charge on any atom is -0.479 e. The van der Waals surface area contributed by atoms with Gasteiger partial charge in [-0.25, -0.2) is 4.79 Å². The molecule has 0 aliphatic carbocycles. The Morgan fingerprint density at radius 3 is 2.82 bits per heavy atom. The number of ether oxygens (including phenoxy) is 1. The van der Waals surface area contributed by atoms with E-state index in [0.29, 0.717) is 5.69 Å². The van der Waals surface area contributed by atoms with Gasteiger partial charge in [0.25, 0.3) is 0 Å². The van der Waals surface area contributed by atoms with Crippen LogP contribution in [-0.2, 0) is 20.7 Å². The number of carbonyl (C=O) groups is 2. The fourth-order valence-corrected chi connectivity index (χ4v) is 1.21. The fraction of sp³-hybridized carbons (Fsp3) is 0.364. The molecule has 0 fully saturated rings. The van der Waals surface area contributed by atoms with Crippen LogP contribution in [0.3, 0.4) is 0 Å². The summed E-state index contributed by atoms with van der Waals surface area (Å²) in [5.41, 5.74) is 0.634. The van der Waals surface area contributed by atoms with Crippen LogP contribution in [0, 0.1) is 0 Å². The van der Waals surface area contributed by atoms with E-state index in [4.69, 9.17) is 5.11 Å². The highest BCUT2D eigenvalue weighted by molar-refractivity contribution is 5.79. The van der Waals surface area contributed by atoms with Crippen molar-refractivity contribution in [3.63, 3.8) is 0 Å². The smallest absolute Gasteiger partial charge is 0.334 e. The van der Waals surface area contributed by atoms with Gasteiger partial charge < -0.3 is 15.2 Å². The number of methoxy groups -OCH3 is 1. The van der Waals surface area contributed by atoms with Crippen molar-refractivity contribution in [2.45, 2.75) is 12.5 Å². The lowest BCUT2D eigenvalue weighted by atomic mass is 10.2. The molecule has 0 saturated heterocycles. The van der Waals surface area contributed by atoms with E-state index in [1.807, 2.05) is 0 Å². The van der Waals surface area contributed by atoms with E-state index in [1.54, 1.807) is 24.4 Å². The predicted molar refractivity (Wildman–Crippen MR) is 59.4 cm³/mol. The van der Waals surface area contributed by atoms with Gasteiger partial charge in [-0.1, -0.05) is 6.07 Å². The molecule has 6 nitrogen and oxygen atoms in total. The van der Waals surface area contributed by atoms with E-state index in [-0.39, 0.29) is 18.9 Å². The molecule has 0 bridgehead atoms. The molecule has 1 rings (SSSR count). The number of aliphatic carboxylic acids is 1. The summed E-state index contributed by atoms with van der Waals surface area (Å²) in [5, 5.41) is 11.2. The summed E-state index contributed by atoms with van der Waals surface area (Å²) >= 11 is 0. The Bertz CT molecular complexity index is 380. The molecule has 1 unspecified atom stereocenters. The Morgan fingerprint density at radius 1 is 1.53 bits per heavy atom. The van der Waals surface area contributed by atoms with Gasteiger partial charge in [-0.15, -0.1) is 0 Å². The first kappa shape index (κ1) is 13.1. The monoisotopic (exact) mass is 238 g/mol. The summed E-state index contributed by atoms with van der Waals surface area (Å²) in [6.45, 7) is -0.0580. The molecule has 2 N–H and O–H groups in total. The normalized spacial score (nSPS) is 11.8. The number of carbonyl (C=O) groups excluding carboxylic acids is 1. The Kier molecular flexibility index (Phi) is 5.09. The maximum atomic E-state index is 11.5. The van der Waals surface area contributed by atoms with Gasteiger partial charge in [-0.2, -0.15) is 0 Å². The van der Waals surface area contributed by atoms with Crippen molar-refractivity contribution in [2.24, 2.45) is 0 Å². The van der Waals surface area contributed by atoms with Gasteiger partial charge in [0, 0.05) is 19.0 Å². The molecule has 0 aliphatic rings. The van der Waals surface area contributed by atoms with Gasteiger partial charge in [-0.3, -0.25) is 9.78 Å². The first-order valence-electron chi connectivity index (χ1n) is 5.05. The highest BCUT2D eigenvalue weighted by atomic mass is 16.5. The third-order valence-electron chi connectivity index (χ3n) is 2.11. The first-order valence-corrected chi connectivity index (χ1v) is 5.05. The lowest BCUT2D eigenvalue weighted by Crippen LogP contribution is -2.38. The van der Waals surface area contributed by atoms with E-state index in [9.17, 15) is 9.59 Å². The van der Waals surface area contributed by atoms with Crippen molar-refractivity contribution >= 4 is 11.9 Å². The Balaban J connectivity index is 2.38. The molecule has 0 spiro atoms. The molecule has 17 heavy (non-hydrogen) atoms. The van der Waals surface area contributed by atoms with Crippen LogP contribution in [0.15, 0.2) is 24.4 Å². The minimum atomic E-state index is -1.11. The van der Waals surface area contributed by atoms with Gasteiger partial charge in [0.15, 0.2) is 6.10 Å². The minimum absolute atomic E-state index is 0.0580. The average Bonchev–Trinajstić information content (AvgIpc) is 2.30. The van der Waals surface area contributed by atoms with Gasteiger partial charge in [0.2, 0.25) is 5.91 Å². The fourth-order valence-electron chi connectivity index (χ4n) is 1.21. The SMILES string of the molecule is COC(CNC(=O)Cc1ccccn1)C(=O)O. The highest BCUT2D eigenvalue weighted by Crippen LogP contribution is 1.95. The van der Waals surface area contributed by atoms with Crippen LogP contribution in [0.25, 0.3) is 0 Å². The number of hydrogen-bond donors (Lipinski definition) is 2. The van der Waals surface area contributed by atoms with Crippen molar-refractivity contribution in [1.29, 1.82) is 0 Å². The maximum absolute atomic E-state index is 11.5. The third-order valence-corrected chi connectivity index (χ3v) is 2.11. The second-order valence-electron chi connectivity index (χ2n) is 3.36. The van der Waals surface area contributed by atoms with Crippen LogP contribution in [0.1, 0.15) is 5.69 Å². The summed E-state index contributed by atoms with van der Waals surface area (Å²) in [7, 11) is 1.28. The molecule has 1 atom stereocenters. The van der Waals surface area contributed by atoms with Crippen LogP contribution < -0.4 is 5.32 Å². The van der Waals surface area contributed by atoms with Gasteiger partial charge in [0.05, 0.1) is 13.0 Å². The molecule has 1 aromatic rings. The number of nitrogens with one attached hydrogen (secondary N) is 1. The summed E-state index contributed by atoms with van der Waals surface area (Å²) in [6.07, 6.45) is 0.692. The number of aromatic nitrogens is 1. The van der Waals surface area contributed by atoms with Crippen LogP contribution in [0.4, 0.5) is 0 Å². The third kappa shape index (κ3) is 4.60. The molecule has 1 aromatic heterocycles. The summed E-state index contributed by atoms with van der Waals surface area (Å²) in [4.78, 5) is 26.1. The van der Waals surface area contributed by atoms with Crippen LogP contribution in [-0.4, -0.2) is 41.7 Å². The van der Waals surface area contributed by atoms with E-state index in [0.717, 1.165) is 0 Å². The standard InChI is InChI=1S/C11H14N2O4/c1-17-9(11(15)16)7-13-10(14)6-8-4-2-3-5-12-8/h2-5,9H,6-7H2,1H3,(H,13,14)(H,15,16).